The summed E-state index contributed by atoms with van der Waals surface area (Å²) in [6.45, 7) is 9.11. The summed E-state index contributed by atoms with van der Waals surface area (Å²) >= 11 is 1.44. The molecule has 0 aliphatic carbocycles. The summed E-state index contributed by atoms with van der Waals surface area (Å²) < 4.78 is 1.98. The van der Waals surface area contributed by atoms with E-state index in [1.807, 2.05) is 48.9 Å². The number of rotatable bonds is 7. The van der Waals surface area contributed by atoms with Crippen molar-refractivity contribution in [3.05, 3.63) is 46.5 Å². The molecule has 2 aromatic heterocycles. The van der Waals surface area contributed by atoms with Crippen molar-refractivity contribution in [3.63, 3.8) is 0 Å². The molecule has 3 rings (SSSR count). The third kappa shape index (κ3) is 4.67. The predicted molar refractivity (Wildman–Crippen MR) is 119 cm³/mol. The van der Waals surface area contributed by atoms with E-state index < -0.39 is 0 Å². The lowest BCUT2D eigenvalue weighted by atomic mass is 10.1. The van der Waals surface area contributed by atoms with Gasteiger partial charge in [0.15, 0.2) is 0 Å². The number of likely N-dealkylation sites (N-methyl/N-ethyl adjacent to an activating group) is 1. The molecule has 0 radical (unpaired) electrons. The lowest BCUT2D eigenvalue weighted by molar-refractivity contribution is -0.116. The van der Waals surface area contributed by atoms with E-state index in [2.05, 4.69) is 24.3 Å². The molecule has 0 saturated carbocycles. The first-order valence-electron chi connectivity index (χ1n) is 9.90. The number of nitrogens with zero attached hydrogens (tertiary/aromatic N) is 3. The Morgan fingerprint density at radius 1 is 1.28 bits per heavy atom. The van der Waals surface area contributed by atoms with Crippen LogP contribution in [0.25, 0.3) is 10.2 Å². The number of anilines is 1. The van der Waals surface area contributed by atoms with Gasteiger partial charge in [0.1, 0.15) is 4.83 Å². The highest BCUT2D eigenvalue weighted by Crippen LogP contribution is 2.29. The zero-order valence-electron chi connectivity index (χ0n) is 17.7. The Hall–Kier alpha value is -2.67. The first-order valence-corrected chi connectivity index (χ1v) is 10.7. The minimum atomic E-state index is -0.204. The molecular weight excluding hydrogens is 384 g/mol. The van der Waals surface area contributed by atoms with E-state index in [0.29, 0.717) is 10.8 Å². The largest absolute Gasteiger partial charge is 0.332 e. The fourth-order valence-corrected chi connectivity index (χ4v) is 4.47. The topological polar surface area (TPSA) is 67.2 Å². The molecule has 2 amide bonds. The van der Waals surface area contributed by atoms with E-state index in [-0.39, 0.29) is 18.4 Å². The van der Waals surface area contributed by atoms with Gasteiger partial charge in [-0.15, -0.1) is 11.3 Å². The second kappa shape index (κ2) is 8.78. The fraction of sp³-hybridized carbons (Fsp3) is 0.409. The summed E-state index contributed by atoms with van der Waals surface area (Å²) in [6, 6.07) is 9.61. The number of carbonyl (C=O) groups is 2. The molecule has 0 unspecified atom stereocenters. The summed E-state index contributed by atoms with van der Waals surface area (Å²) in [4.78, 5) is 28.5. The number of benzene rings is 1. The van der Waals surface area contributed by atoms with Gasteiger partial charge in [-0.3, -0.25) is 14.3 Å². The van der Waals surface area contributed by atoms with Crippen LogP contribution in [0.1, 0.15) is 41.7 Å². The van der Waals surface area contributed by atoms with E-state index in [0.717, 1.165) is 40.1 Å². The Labute approximate surface area is 175 Å². The average molecular weight is 413 g/mol. The van der Waals surface area contributed by atoms with Crippen LogP contribution in [-0.4, -0.2) is 40.1 Å². The Kier molecular flexibility index (Phi) is 6.37. The molecule has 2 heterocycles. The van der Waals surface area contributed by atoms with Crippen LogP contribution in [0.15, 0.2) is 30.3 Å². The Morgan fingerprint density at radius 3 is 2.69 bits per heavy atom. The van der Waals surface area contributed by atoms with Gasteiger partial charge in [-0.05, 0) is 37.0 Å². The van der Waals surface area contributed by atoms with Gasteiger partial charge in [0.25, 0.3) is 5.91 Å². The maximum atomic E-state index is 12.9. The first-order chi connectivity index (χ1) is 13.8. The Bertz CT molecular complexity index is 1030. The van der Waals surface area contributed by atoms with Crippen molar-refractivity contribution in [1.29, 1.82) is 0 Å². The molecule has 1 aromatic carbocycles. The molecule has 0 aliphatic heterocycles. The molecule has 0 fully saturated rings. The molecule has 0 spiro atoms. The number of aromatic nitrogens is 2. The highest BCUT2D eigenvalue weighted by Gasteiger charge is 2.21. The number of para-hydroxylation sites is 1. The van der Waals surface area contributed by atoms with E-state index in [9.17, 15) is 9.59 Å². The molecular formula is C22H28N4O2S. The monoisotopic (exact) mass is 412 g/mol. The van der Waals surface area contributed by atoms with Crippen molar-refractivity contribution in [3.8, 4) is 0 Å². The van der Waals surface area contributed by atoms with Crippen molar-refractivity contribution in [1.82, 2.24) is 14.7 Å². The van der Waals surface area contributed by atoms with E-state index in [1.54, 1.807) is 7.05 Å². The van der Waals surface area contributed by atoms with Gasteiger partial charge in [0.2, 0.25) is 5.91 Å². The standard InChI is InChI=1S/C22H28N4O2S/c1-6-16-9-7-8-10-18(16)23-20(27)13-25(5)21(28)19-11-17-15(4)24-26(12-14(2)3)22(17)29-19/h7-11,14H,6,12-13H2,1-5H3,(H,23,27). The van der Waals surface area contributed by atoms with Crippen molar-refractivity contribution in [2.75, 3.05) is 18.9 Å². The molecule has 6 nitrogen and oxygen atoms in total. The van der Waals surface area contributed by atoms with Gasteiger partial charge < -0.3 is 10.2 Å². The van der Waals surface area contributed by atoms with E-state index >= 15 is 0 Å². The van der Waals surface area contributed by atoms with Crippen LogP contribution in [0.3, 0.4) is 0 Å². The van der Waals surface area contributed by atoms with Crippen molar-refractivity contribution < 1.29 is 9.59 Å². The van der Waals surface area contributed by atoms with Gasteiger partial charge in [0.05, 0.1) is 17.1 Å². The average Bonchev–Trinajstić information content (AvgIpc) is 3.22. The van der Waals surface area contributed by atoms with Gasteiger partial charge in [-0.2, -0.15) is 5.10 Å². The summed E-state index contributed by atoms with van der Waals surface area (Å²) in [6.07, 6.45) is 0.833. The number of nitrogens with one attached hydrogen (secondary N) is 1. The SMILES string of the molecule is CCc1ccccc1NC(=O)CN(C)C(=O)c1cc2c(C)nn(CC(C)C)c2s1. The van der Waals surface area contributed by atoms with Crippen LogP contribution in [0.5, 0.6) is 0 Å². The van der Waals surface area contributed by atoms with Gasteiger partial charge in [0, 0.05) is 24.7 Å². The second-order valence-electron chi connectivity index (χ2n) is 7.71. The van der Waals surface area contributed by atoms with Gasteiger partial charge in [-0.1, -0.05) is 39.0 Å². The van der Waals surface area contributed by atoms with Crippen LogP contribution in [0.4, 0.5) is 5.69 Å². The normalized spacial score (nSPS) is 11.2. The van der Waals surface area contributed by atoms with Crippen molar-refractivity contribution >= 4 is 39.1 Å². The first kappa shape index (κ1) is 21.0. The lowest BCUT2D eigenvalue weighted by Gasteiger charge is -2.17. The Balaban J connectivity index is 1.72. The minimum absolute atomic E-state index is 0.00221. The third-order valence-corrected chi connectivity index (χ3v) is 5.89. The number of carbonyl (C=O) groups excluding carboxylic acids is 2. The van der Waals surface area contributed by atoms with Crippen LogP contribution in [0, 0.1) is 12.8 Å². The van der Waals surface area contributed by atoms with Crippen LogP contribution in [0.2, 0.25) is 0 Å². The Morgan fingerprint density at radius 2 is 2.00 bits per heavy atom. The number of hydrogen-bond donors (Lipinski definition) is 1. The second-order valence-corrected chi connectivity index (χ2v) is 8.74. The van der Waals surface area contributed by atoms with Crippen molar-refractivity contribution in [2.24, 2.45) is 5.92 Å². The maximum Gasteiger partial charge on any atom is 0.264 e. The number of fused-ring (bicyclic) bond motifs is 1. The maximum absolute atomic E-state index is 12.9. The quantitative estimate of drug-likeness (QED) is 0.628. The summed E-state index contributed by atoms with van der Waals surface area (Å²) in [5, 5.41) is 8.51. The molecule has 154 valence electrons. The minimum Gasteiger partial charge on any atom is -0.332 e. The summed E-state index contributed by atoms with van der Waals surface area (Å²) in [5.41, 5.74) is 2.80. The fourth-order valence-electron chi connectivity index (χ4n) is 3.30. The molecule has 0 aliphatic rings. The molecule has 0 bridgehead atoms. The number of hydrogen-bond acceptors (Lipinski definition) is 4. The van der Waals surface area contributed by atoms with E-state index in [1.165, 1.54) is 16.2 Å². The molecule has 0 atom stereocenters. The van der Waals surface area contributed by atoms with Crippen LogP contribution in [-0.2, 0) is 17.8 Å². The molecule has 0 saturated heterocycles. The molecule has 1 N–H and O–H groups in total. The van der Waals surface area contributed by atoms with Gasteiger partial charge in [-0.25, -0.2) is 0 Å². The third-order valence-electron chi connectivity index (χ3n) is 4.76. The van der Waals surface area contributed by atoms with Crippen LogP contribution >= 0.6 is 11.3 Å². The highest BCUT2D eigenvalue weighted by atomic mass is 32.1. The van der Waals surface area contributed by atoms with Crippen LogP contribution < -0.4 is 5.32 Å². The molecule has 3 aromatic rings. The zero-order chi connectivity index (χ0) is 21.1. The number of thiophene rings is 1. The lowest BCUT2D eigenvalue weighted by Crippen LogP contribution is -2.34. The molecule has 7 heteroatoms. The van der Waals surface area contributed by atoms with E-state index in [4.69, 9.17) is 0 Å². The summed E-state index contributed by atoms with van der Waals surface area (Å²) in [7, 11) is 1.66. The highest BCUT2D eigenvalue weighted by molar-refractivity contribution is 7.20. The zero-order valence-corrected chi connectivity index (χ0v) is 18.5. The predicted octanol–water partition coefficient (Wildman–Crippen LogP) is 4.34. The summed E-state index contributed by atoms with van der Waals surface area (Å²) in [5.74, 6) is 0.113. The van der Waals surface area contributed by atoms with Gasteiger partial charge >= 0.3 is 0 Å². The smallest absolute Gasteiger partial charge is 0.264 e. The molecule has 29 heavy (non-hydrogen) atoms. The number of amides is 2. The number of aryl methyl sites for hydroxylation is 2. The van der Waals surface area contributed by atoms with Crippen molar-refractivity contribution in [2.45, 2.75) is 40.7 Å².